The maximum absolute atomic E-state index is 13.1. The molecule has 2 aliphatic rings. The number of halogens is 3. The first-order valence-corrected chi connectivity index (χ1v) is 8.30. The summed E-state index contributed by atoms with van der Waals surface area (Å²) in [5.74, 6) is -0.883. The fourth-order valence-corrected chi connectivity index (χ4v) is 3.63. The molecule has 2 amide bonds. The van der Waals surface area contributed by atoms with Crippen LogP contribution in [0.15, 0.2) is 12.4 Å². The zero-order valence-corrected chi connectivity index (χ0v) is 14.1. The Hall–Kier alpha value is -1.73. The third kappa shape index (κ3) is 3.10. The first-order valence-electron chi connectivity index (χ1n) is 8.30. The molecule has 0 aromatic carbocycles. The van der Waals surface area contributed by atoms with E-state index in [-0.39, 0.29) is 19.0 Å². The van der Waals surface area contributed by atoms with Gasteiger partial charge in [0.15, 0.2) is 0 Å². The van der Waals surface area contributed by atoms with Crippen LogP contribution in [0.25, 0.3) is 0 Å². The molecule has 1 aromatic rings. The maximum atomic E-state index is 13.1. The van der Waals surface area contributed by atoms with Crippen molar-refractivity contribution in [2.75, 3.05) is 11.9 Å². The second kappa shape index (κ2) is 5.67. The van der Waals surface area contributed by atoms with Gasteiger partial charge in [-0.05, 0) is 46.0 Å². The lowest BCUT2D eigenvalue weighted by Gasteiger charge is -2.36. The topological polar surface area (TPSA) is 50.2 Å². The fraction of sp³-hybridized carbons (Fsp3) is 0.750. The van der Waals surface area contributed by atoms with Gasteiger partial charge in [-0.15, -0.1) is 0 Å². The van der Waals surface area contributed by atoms with Gasteiger partial charge in [0.05, 0.1) is 29.4 Å². The molecule has 134 valence electrons. The molecule has 0 radical (unpaired) electrons. The smallest absolute Gasteiger partial charge is 0.319 e. The summed E-state index contributed by atoms with van der Waals surface area (Å²) < 4.78 is 41.2. The molecule has 1 saturated heterocycles. The van der Waals surface area contributed by atoms with E-state index in [0.717, 1.165) is 0 Å². The summed E-state index contributed by atoms with van der Waals surface area (Å²) in [5.41, 5.74) is -0.752. The number of nitrogens with one attached hydrogen (secondary N) is 1. The van der Waals surface area contributed by atoms with Crippen LogP contribution in [0.3, 0.4) is 0 Å². The third-order valence-corrected chi connectivity index (χ3v) is 5.40. The van der Waals surface area contributed by atoms with Crippen molar-refractivity contribution in [2.24, 2.45) is 11.8 Å². The number of nitrogens with zero attached hydrogens (tertiary/aromatic N) is 3. The lowest BCUT2D eigenvalue weighted by molar-refractivity contribution is -0.189. The van der Waals surface area contributed by atoms with Gasteiger partial charge in [0.25, 0.3) is 0 Å². The Kier molecular flexibility index (Phi) is 4.04. The lowest BCUT2D eigenvalue weighted by Crippen LogP contribution is -2.51. The molecule has 3 rings (SSSR count). The van der Waals surface area contributed by atoms with E-state index < -0.39 is 23.7 Å². The highest BCUT2D eigenvalue weighted by molar-refractivity contribution is 5.89. The van der Waals surface area contributed by atoms with E-state index >= 15 is 0 Å². The van der Waals surface area contributed by atoms with Crippen LogP contribution in [0.4, 0.5) is 23.7 Å². The minimum absolute atomic E-state index is 0.0676. The molecule has 2 heterocycles. The van der Waals surface area contributed by atoms with Crippen LogP contribution in [-0.2, 0) is 0 Å². The van der Waals surface area contributed by atoms with Gasteiger partial charge in [0.2, 0.25) is 0 Å². The number of amides is 2. The standard InChI is InChI=1S/C16H23F3N4O/c1-10(11-4-5-11)23-9-12(8-20-23)21-14(24)22-7-6-13(15(22,2)3)16(17,18)19/h8-11,13H,4-7H2,1-3H3,(H,21,24). The summed E-state index contributed by atoms with van der Waals surface area (Å²) in [7, 11) is 0. The quantitative estimate of drug-likeness (QED) is 0.899. The van der Waals surface area contributed by atoms with Crippen molar-refractivity contribution in [3.63, 3.8) is 0 Å². The summed E-state index contributed by atoms with van der Waals surface area (Å²) >= 11 is 0. The van der Waals surface area contributed by atoms with Crippen molar-refractivity contribution in [1.29, 1.82) is 0 Å². The van der Waals surface area contributed by atoms with Crippen LogP contribution in [-0.4, -0.2) is 39.0 Å². The summed E-state index contributed by atoms with van der Waals surface area (Å²) in [4.78, 5) is 13.7. The average molecular weight is 344 g/mol. The van der Waals surface area contributed by atoms with Crippen LogP contribution in [0.2, 0.25) is 0 Å². The van der Waals surface area contributed by atoms with Gasteiger partial charge >= 0.3 is 12.2 Å². The van der Waals surface area contributed by atoms with Crippen molar-refractivity contribution in [3.05, 3.63) is 12.4 Å². The number of hydrogen-bond donors (Lipinski definition) is 1. The summed E-state index contributed by atoms with van der Waals surface area (Å²) in [6.45, 7) is 5.11. The van der Waals surface area contributed by atoms with E-state index in [2.05, 4.69) is 17.3 Å². The van der Waals surface area contributed by atoms with Crippen LogP contribution >= 0.6 is 0 Å². The molecule has 1 aliphatic carbocycles. The molecule has 1 N–H and O–H groups in total. The van der Waals surface area contributed by atoms with Crippen molar-refractivity contribution in [1.82, 2.24) is 14.7 Å². The molecular formula is C16H23F3N4O. The summed E-state index contributed by atoms with van der Waals surface area (Å²) in [6, 6.07) is -0.237. The maximum Gasteiger partial charge on any atom is 0.394 e. The molecule has 2 unspecified atom stereocenters. The van der Waals surface area contributed by atoms with Crippen molar-refractivity contribution in [2.45, 2.75) is 57.8 Å². The Bertz CT molecular complexity index is 621. The van der Waals surface area contributed by atoms with Gasteiger partial charge in [0, 0.05) is 12.7 Å². The second-order valence-corrected chi connectivity index (χ2v) is 7.41. The fourth-order valence-electron chi connectivity index (χ4n) is 3.63. The Morgan fingerprint density at radius 2 is 2.04 bits per heavy atom. The highest BCUT2D eigenvalue weighted by Gasteiger charge is 2.56. The monoisotopic (exact) mass is 344 g/mol. The van der Waals surface area contributed by atoms with E-state index in [1.807, 2.05) is 0 Å². The SMILES string of the molecule is CC(C1CC1)n1cc(NC(=O)N2CCC(C(F)(F)F)C2(C)C)cn1. The van der Waals surface area contributed by atoms with Crippen LogP contribution < -0.4 is 5.32 Å². The summed E-state index contributed by atoms with van der Waals surface area (Å²) in [6.07, 6.45) is 1.28. The van der Waals surface area contributed by atoms with Crippen molar-refractivity contribution in [3.8, 4) is 0 Å². The number of rotatable bonds is 3. The predicted octanol–water partition coefficient (Wildman–Crippen LogP) is 4.05. The van der Waals surface area contributed by atoms with Gasteiger partial charge < -0.3 is 10.2 Å². The number of hydrogen-bond acceptors (Lipinski definition) is 2. The van der Waals surface area contributed by atoms with Gasteiger partial charge in [-0.25, -0.2) is 4.79 Å². The average Bonchev–Trinajstić information content (AvgIpc) is 3.11. The molecule has 0 bridgehead atoms. The van der Waals surface area contributed by atoms with Crippen LogP contribution in [0.1, 0.15) is 46.1 Å². The van der Waals surface area contributed by atoms with E-state index in [4.69, 9.17) is 0 Å². The molecule has 0 spiro atoms. The minimum Gasteiger partial charge on any atom is -0.319 e. The van der Waals surface area contributed by atoms with Gasteiger partial charge in [-0.2, -0.15) is 18.3 Å². The Balaban J connectivity index is 1.67. The normalized spacial score (nSPS) is 24.9. The second-order valence-electron chi connectivity index (χ2n) is 7.41. The molecule has 2 atom stereocenters. The number of carbonyl (C=O) groups is 1. The van der Waals surface area contributed by atoms with Crippen LogP contribution in [0, 0.1) is 11.8 Å². The van der Waals surface area contributed by atoms with Crippen molar-refractivity contribution >= 4 is 11.7 Å². The van der Waals surface area contributed by atoms with Gasteiger partial charge in [0.1, 0.15) is 0 Å². The molecule has 24 heavy (non-hydrogen) atoms. The first kappa shape index (κ1) is 17.1. The minimum atomic E-state index is -4.30. The molecule has 5 nitrogen and oxygen atoms in total. The number of anilines is 1. The highest BCUT2D eigenvalue weighted by Crippen LogP contribution is 2.45. The highest BCUT2D eigenvalue weighted by atomic mass is 19.4. The zero-order chi connectivity index (χ0) is 17.7. The number of likely N-dealkylation sites (tertiary alicyclic amines) is 1. The lowest BCUT2D eigenvalue weighted by atomic mass is 9.88. The zero-order valence-electron chi connectivity index (χ0n) is 14.1. The molecule has 1 saturated carbocycles. The predicted molar refractivity (Wildman–Crippen MR) is 83.6 cm³/mol. The molecule has 2 fully saturated rings. The van der Waals surface area contributed by atoms with E-state index in [1.54, 1.807) is 17.1 Å². The molecular weight excluding hydrogens is 321 g/mol. The van der Waals surface area contributed by atoms with E-state index in [9.17, 15) is 18.0 Å². The van der Waals surface area contributed by atoms with Crippen molar-refractivity contribution < 1.29 is 18.0 Å². The number of carbonyl (C=O) groups excluding carboxylic acids is 1. The Morgan fingerprint density at radius 1 is 1.38 bits per heavy atom. The van der Waals surface area contributed by atoms with Gasteiger partial charge in [-0.1, -0.05) is 0 Å². The Morgan fingerprint density at radius 3 is 2.58 bits per heavy atom. The number of urea groups is 1. The summed E-state index contributed by atoms with van der Waals surface area (Å²) in [5, 5.41) is 6.93. The van der Waals surface area contributed by atoms with Gasteiger partial charge in [-0.3, -0.25) is 4.68 Å². The Labute approximate surface area is 139 Å². The molecule has 1 aliphatic heterocycles. The molecule has 8 heteroatoms. The molecule has 1 aromatic heterocycles. The van der Waals surface area contributed by atoms with E-state index in [1.165, 1.54) is 31.6 Å². The third-order valence-electron chi connectivity index (χ3n) is 5.40. The first-order chi connectivity index (χ1) is 11.1. The number of aromatic nitrogens is 2. The largest absolute Gasteiger partial charge is 0.394 e. The van der Waals surface area contributed by atoms with Crippen LogP contribution in [0.5, 0.6) is 0 Å². The van der Waals surface area contributed by atoms with E-state index in [0.29, 0.717) is 11.6 Å². The number of alkyl halides is 3.